The van der Waals surface area contributed by atoms with Crippen molar-refractivity contribution in [1.82, 2.24) is 19.6 Å². The fourth-order valence-corrected chi connectivity index (χ4v) is 4.94. The Kier molecular flexibility index (Phi) is 7.81. The third-order valence-corrected chi connectivity index (χ3v) is 6.75. The second-order valence-corrected chi connectivity index (χ2v) is 8.89. The molecule has 32 heavy (non-hydrogen) atoms. The molecule has 0 spiro atoms. The van der Waals surface area contributed by atoms with Crippen LogP contribution < -0.4 is 4.74 Å². The zero-order valence-electron chi connectivity index (χ0n) is 19.4. The molecule has 2 aromatic rings. The number of hydrogen-bond donors (Lipinski definition) is 0. The molecule has 1 aromatic heterocycles. The van der Waals surface area contributed by atoms with E-state index in [1.54, 1.807) is 7.11 Å². The number of para-hydroxylation sites is 1. The zero-order valence-corrected chi connectivity index (χ0v) is 19.4. The smallest absolute Gasteiger partial charge is 0.257 e. The molecule has 1 amide bonds. The number of nitrogens with zero attached hydrogens (tertiary/aromatic N) is 4. The normalized spacial score (nSPS) is 23.3. The molecule has 0 saturated carbocycles. The van der Waals surface area contributed by atoms with Crippen LogP contribution in [0.15, 0.2) is 36.7 Å². The van der Waals surface area contributed by atoms with Crippen LogP contribution in [0.25, 0.3) is 0 Å². The highest BCUT2D eigenvalue weighted by Crippen LogP contribution is 2.28. The Morgan fingerprint density at radius 2 is 2.03 bits per heavy atom. The predicted molar refractivity (Wildman–Crippen MR) is 124 cm³/mol. The largest absolute Gasteiger partial charge is 0.491 e. The second kappa shape index (κ2) is 11.0. The van der Waals surface area contributed by atoms with Crippen LogP contribution in [0.1, 0.15) is 48.5 Å². The minimum absolute atomic E-state index is 0.0704. The van der Waals surface area contributed by atoms with Gasteiger partial charge in [-0.05, 0) is 44.9 Å². The molecule has 0 radical (unpaired) electrons. The Hall–Kier alpha value is -2.38. The van der Waals surface area contributed by atoms with E-state index in [2.05, 4.69) is 23.1 Å². The number of piperidine rings is 1. The summed E-state index contributed by atoms with van der Waals surface area (Å²) in [6.45, 7) is 7.73. The van der Waals surface area contributed by atoms with E-state index < -0.39 is 0 Å². The van der Waals surface area contributed by atoms with Crippen LogP contribution in [0.2, 0.25) is 0 Å². The van der Waals surface area contributed by atoms with Gasteiger partial charge in [0, 0.05) is 57.5 Å². The Morgan fingerprint density at radius 1 is 1.16 bits per heavy atom. The van der Waals surface area contributed by atoms with Crippen LogP contribution in [0.4, 0.5) is 0 Å². The Balaban J connectivity index is 1.51. The maximum atomic E-state index is 13.3. The van der Waals surface area contributed by atoms with E-state index in [0.717, 1.165) is 65.0 Å². The lowest BCUT2D eigenvalue weighted by Gasteiger charge is -2.38. The van der Waals surface area contributed by atoms with Gasteiger partial charge in [0.2, 0.25) is 0 Å². The lowest BCUT2D eigenvalue weighted by Crippen LogP contribution is -2.46. The number of aryl methyl sites for hydroxylation is 1. The molecule has 2 aliphatic rings. The molecule has 7 heteroatoms. The van der Waals surface area contributed by atoms with Crippen LogP contribution in [-0.2, 0) is 17.8 Å². The molecule has 3 heterocycles. The molecular formula is C25H36N4O3. The van der Waals surface area contributed by atoms with Gasteiger partial charge in [0.15, 0.2) is 0 Å². The summed E-state index contributed by atoms with van der Waals surface area (Å²) in [5.74, 6) is 1.13. The summed E-state index contributed by atoms with van der Waals surface area (Å²) in [5, 5.41) is 4.42. The number of hydrogen-bond acceptors (Lipinski definition) is 5. The summed E-state index contributed by atoms with van der Waals surface area (Å²) >= 11 is 0. The molecule has 1 saturated heterocycles. The molecule has 4 rings (SSSR count). The molecule has 2 aliphatic heterocycles. The van der Waals surface area contributed by atoms with Crippen molar-refractivity contribution in [2.45, 2.75) is 51.8 Å². The topological polar surface area (TPSA) is 59.8 Å². The Bertz CT molecular complexity index is 884. The number of amides is 1. The van der Waals surface area contributed by atoms with Gasteiger partial charge in [-0.1, -0.05) is 18.6 Å². The number of carbonyl (C=O) groups excluding carboxylic acids is 1. The van der Waals surface area contributed by atoms with E-state index in [9.17, 15) is 4.79 Å². The van der Waals surface area contributed by atoms with Crippen molar-refractivity contribution in [2.75, 3.05) is 39.9 Å². The lowest BCUT2D eigenvalue weighted by molar-refractivity contribution is -0.00702. The van der Waals surface area contributed by atoms with Crippen molar-refractivity contribution in [2.24, 2.45) is 5.92 Å². The quantitative estimate of drug-likeness (QED) is 0.729. The summed E-state index contributed by atoms with van der Waals surface area (Å²) in [5.41, 5.74) is 1.89. The van der Waals surface area contributed by atoms with Gasteiger partial charge in [0.05, 0.1) is 17.9 Å². The van der Waals surface area contributed by atoms with E-state index in [0.29, 0.717) is 23.8 Å². The molecule has 174 valence electrons. The molecule has 2 atom stereocenters. The zero-order chi connectivity index (χ0) is 22.3. The number of methoxy groups -OCH3 is 1. The fourth-order valence-electron chi connectivity index (χ4n) is 4.94. The van der Waals surface area contributed by atoms with Gasteiger partial charge in [-0.3, -0.25) is 14.4 Å². The van der Waals surface area contributed by atoms with Gasteiger partial charge in [0.25, 0.3) is 5.91 Å². The lowest BCUT2D eigenvalue weighted by atomic mass is 9.89. The fraction of sp³-hybridized carbons (Fsp3) is 0.600. The van der Waals surface area contributed by atoms with Crippen LogP contribution in [0.5, 0.6) is 5.75 Å². The van der Waals surface area contributed by atoms with Crippen molar-refractivity contribution in [1.29, 1.82) is 0 Å². The number of rotatable bonds is 4. The van der Waals surface area contributed by atoms with Gasteiger partial charge < -0.3 is 14.4 Å². The van der Waals surface area contributed by atoms with Gasteiger partial charge in [0.1, 0.15) is 12.4 Å². The van der Waals surface area contributed by atoms with Crippen LogP contribution in [-0.4, -0.2) is 71.5 Å². The van der Waals surface area contributed by atoms with Gasteiger partial charge >= 0.3 is 0 Å². The number of fused-ring (bicyclic) bond motifs is 3. The summed E-state index contributed by atoms with van der Waals surface area (Å²) in [6, 6.07) is 7.65. The number of aromatic nitrogens is 2. The van der Waals surface area contributed by atoms with Crippen LogP contribution >= 0.6 is 0 Å². The first-order chi connectivity index (χ1) is 15.7. The molecule has 1 aromatic carbocycles. The number of ether oxygens (including phenoxy) is 2. The highest BCUT2D eigenvalue weighted by Gasteiger charge is 2.32. The standard InChI is InChI=1S/C25H36N4O3/c1-3-29-18-20(16-26-29)17-27-12-7-6-8-21-19-28(13-11-23(21)31-2)25(30)22-9-4-5-10-24(22)32-15-14-27/h4-5,9-10,16,18,21,23H,3,6-8,11-15,17,19H2,1-2H3/t21-,23+/m0/s1. The molecule has 2 bridgehead atoms. The van der Waals surface area contributed by atoms with Gasteiger partial charge in [-0.25, -0.2) is 0 Å². The summed E-state index contributed by atoms with van der Waals surface area (Å²) in [4.78, 5) is 17.8. The van der Waals surface area contributed by atoms with Crippen molar-refractivity contribution >= 4 is 5.91 Å². The molecule has 0 aliphatic carbocycles. The first-order valence-electron chi connectivity index (χ1n) is 12.0. The second-order valence-electron chi connectivity index (χ2n) is 8.89. The maximum absolute atomic E-state index is 13.3. The predicted octanol–water partition coefficient (Wildman–Crippen LogP) is 3.45. The monoisotopic (exact) mass is 440 g/mol. The van der Waals surface area contributed by atoms with E-state index in [1.165, 1.54) is 5.56 Å². The third-order valence-electron chi connectivity index (χ3n) is 6.75. The Labute approximate surface area is 191 Å². The van der Waals surface area contributed by atoms with E-state index in [1.807, 2.05) is 40.0 Å². The van der Waals surface area contributed by atoms with Gasteiger partial charge in [-0.15, -0.1) is 0 Å². The molecule has 0 N–H and O–H groups in total. The van der Waals surface area contributed by atoms with E-state index >= 15 is 0 Å². The summed E-state index contributed by atoms with van der Waals surface area (Å²) < 4.78 is 13.9. The Morgan fingerprint density at radius 3 is 2.84 bits per heavy atom. The van der Waals surface area contributed by atoms with Crippen molar-refractivity contribution < 1.29 is 14.3 Å². The van der Waals surface area contributed by atoms with Crippen molar-refractivity contribution in [3.63, 3.8) is 0 Å². The third kappa shape index (κ3) is 5.51. The first-order valence-corrected chi connectivity index (χ1v) is 12.0. The highest BCUT2D eigenvalue weighted by molar-refractivity contribution is 5.97. The highest BCUT2D eigenvalue weighted by atomic mass is 16.5. The number of carbonyl (C=O) groups is 1. The molecule has 1 fully saturated rings. The van der Waals surface area contributed by atoms with Gasteiger partial charge in [-0.2, -0.15) is 5.10 Å². The molecule has 7 nitrogen and oxygen atoms in total. The average Bonchev–Trinajstić information content (AvgIpc) is 3.28. The maximum Gasteiger partial charge on any atom is 0.257 e. The van der Waals surface area contributed by atoms with E-state index in [-0.39, 0.29) is 12.0 Å². The van der Waals surface area contributed by atoms with E-state index in [4.69, 9.17) is 9.47 Å². The minimum atomic E-state index is 0.0704. The van der Waals surface area contributed by atoms with Crippen LogP contribution in [0.3, 0.4) is 0 Å². The molecular weight excluding hydrogens is 404 g/mol. The minimum Gasteiger partial charge on any atom is -0.491 e. The summed E-state index contributed by atoms with van der Waals surface area (Å²) in [7, 11) is 1.80. The van der Waals surface area contributed by atoms with Crippen molar-refractivity contribution in [3.05, 3.63) is 47.8 Å². The van der Waals surface area contributed by atoms with Crippen molar-refractivity contribution in [3.8, 4) is 5.75 Å². The van der Waals surface area contributed by atoms with Crippen LogP contribution in [0, 0.1) is 5.92 Å². The molecule has 0 unspecified atom stereocenters. The SMILES string of the molecule is CCn1cc(CN2CCCC[C@H]3CN(CC[C@H]3OC)C(=O)c3ccccc3OCC2)cn1. The summed E-state index contributed by atoms with van der Waals surface area (Å²) in [6.07, 6.45) is 8.55. The first kappa shape index (κ1) is 22.8. The average molecular weight is 441 g/mol. The number of benzene rings is 1.